The Balaban J connectivity index is 1.65. The van der Waals surface area contributed by atoms with Crippen molar-refractivity contribution in [3.05, 3.63) is 27.4 Å². The van der Waals surface area contributed by atoms with Crippen LogP contribution in [0, 0.1) is 10.1 Å². The highest BCUT2D eigenvalue weighted by molar-refractivity contribution is 8.14. The first-order valence-electron chi connectivity index (χ1n) is 7.05. The second kappa shape index (κ2) is 6.29. The van der Waals surface area contributed by atoms with E-state index in [1.54, 1.807) is 0 Å². The molecule has 1 aromatic heterocycles. The van der Waals surface area contributed by atoms with E-state index in [2.05, 4.69) is 26.7 Å². The molecule has 2 aliphatic heterocycles. The quantitative estimate of drug-likeness (QED) is 0.606. The zero-order valence-electron chi connectivity index (χ0n) is 12.1. The first kappa shape index (κ1) is 15.4. The number of rotatable bonds is 2. The van der Waals surface area contributed by atoms with Crippen molar-refractivity contribution in [2.24, 2.45) is 4.99 Å². The number of amidine groups is 1. The third-order valence-corrected chi connectivity index (χ3v) is 5.09. The number of hydrogen-bond acceptors (Lipinski definition) is 7. The summed E-state index contributed by atoms with van der Waals surface area (Å²) in [4.78, 5) is 23.3. The van der Waals surface area contributed by atoms with E-state index in [1.165, 1.54) is 12.3 Å². The van der Waals surface area contributed by atoms with Crippen LogP contribution < -0.4 is 4.90 Å². The molecule has 0 saturated carbocycles. The molecule has 0 aliphatic carbocycles. The summed E-state index contributed by atoms with van der Waals surface area (Å²) in [5.41, 5.74) is -0.0851. The second-order valence-corrected chi connectivity index (χ2v) is 7.09. The summed E-state index contributed by atoms with van der Waals surface area (Å²) in [7, 11) is 0. The Morgan fingerprint density at radius 2 is 2.05 bits per heavy atom. The zero-order chi connectivity index (χ0) is 15.7. The van der Waals surface area contributed by atoms with Crippen LogP contribution in [0.15, 0.2) is 17.3 Å². The van der Waals surface area contributed by atoms with Gasteiger partial charge in [-0.1, -0.05) is 30.3 Å². The van der Waals surface area contributed by atoms with Crippen molar-refractivity contribution in [1.82, 2.24) is 9.88 Å². The normalized spacial score (nSPS) is 21.9. The van der Waals surface area contributed by atoms with Gasteiger partial charge in [-0.3, -0.25) is 15.1 Å². The monoisotopic (exact) mass is 341 g/mol. The van der Waals surface area contributed by atoms with Crippen LogP contribution >= 0.6 is 23.4 Å². The number of halogens is 1. The van der Waals surface area contributed by atoms with Crippen molar-refractivity contribution in [3.8, 4) is 0 Å². The molecule has 9 heteroatoms. The Bertz CT molecular complexity index is 618. The molecule has 1 saturated heterocycles. The Morgan fingerprint density at radius 3 is 2.59 bits per heavy atom. The van der Waals surface area contributed by atoms with E-state index in [0.717, 1.165) is 37.9 Å². The fraction of sp³-hybridized carbons (Fsp3) is 0.538. The molecule has 7 nitrogen and oxygen atoms in total. The van der Waals surface area contributed by atoms with E-state index in [4.69, 9.17) is 11.6 Å². The molecule has 0 spiro atoms. The van der Waals surface area contributed by atoms with Gasteiger partial charge in [0.15, 0.2) is 5.17 Å². The van der Waals surface area contributed by atoms with E-state index in [1.807, 2.05) is 11.8 Å². The number of nitro groups is 1. The predicted molar refractivity (Wildman–Crippen MR) is 89.0 cm³/mol. The number of pyridine rings is 1. The van der Waals surface area contributed by atoms with Crippen molar-refractivity contribution in [1.29, 1.82) is 0 Å². The molecule has 0 radical (unpaired) electrons. The lowest BCUT2D eigenvalue weighted by Crippen LogP contribution is -2.48. The fourth-order valence-corrected chi connectivity index (χ4v) is 3.77. The van der Waals surface area contributed by atoms with E-state index in [-0.39, 0.29) is 5.69 Å². The zero-order valence-corrected chi connectivity index (χ0v) is 13.7. The minimum atomic E-state index is -0.489. The topological polar surface area (TPSA) is 74.9 Å². The maximum absolute atomic E-state index is 10.7. The van der Waals surface area contributed by atoms with Crippen molar-refractivity contribution in [2.75, 3.05) is 37.6 Å². The van der Waals surface area contributed by atoms with Crippen LogP contribution in [0.4, 0.5) is 11.5 Å². The molecular formula is C13H16ClN5O2S. The number of anilines is 1. The predicted octanol–water partition coefficient (Wildman–Crippen LogP) is 2.26. The largest absolute Gasteiger partial charge is 0.352 e. The van der Waals surface area contributed by atoms with Gasteiger partial charge >= 0.3 is 0 Å². The maximum atomic E-state index is 10.7. The van der Waals surface area contributed by atoms with Crippen LogP contribution in [0.3, 0.4) is 0 Å². The minimum Gasteiger partial charge on any atom is -0.352 e. The molecule has 118 valence electrons. The van der Waals surface area contributed by atoms with Gasteiger partial charge < -0.3 is 9.80 Å². The van der Waals surface area contributed by atoms with Gasteiger partial charge in [-0.05, 0) is 0 Å². The molecule has 0 unspecified atom stereocenters. The fourth-order valence-electron chi connectivity index (χ4n) is 2.50. The van der Waals surface area contributed by atoms with E-state index in [0.29, 0.717) is 16.1 Å². The summed E-state index contributed by atoms with van der Waals surface area (Å²) in [6, 6.07) is 1.36. The van der Waals surface area contributed by atoms with E-state index >= 15 is 0 Å². The number of aromatic nitrogens is 1. The molecule has 1 aromatic rings. The summed E-state index contributed by atoms with van der Waals surface area (Å²) >= 11 is 7.96. The van der Waals surface area contributed by atoms with Gasteiger partial charge in [-0.25, -0.2) is 4.98 Å². The van der Waals surface area contributed by atoms with Gasteiger partial charge in [0.05, 0.1) is 16.5 Å². The first-order chi connectivity index (χ1) is 10.5. The molecule has 2 aliphatic rings. The summed E-state index contributed by atoms with van der Waals surface area (Å²) < 4.78 is 0. The minimum absolute atomic E-state index is 0.0851. The molecule has 3 heterocycles. The standard InChI is InChI=1S/C13H16ClN5O2S/c1-9-7-16-13(22-9)18-4-2-17(3-5-18)12-11(14)6-10(8-15-12)19(20)21/h6,8-9H,2-5,7H2,1H3/t9-/m0/s1. The van der Waals surface area contributed by atoms with Gasteiger partial charge in [0.25, 0.3) is 5.69 Å². The third-order valence-electron chi connectivity index (χ3n) is 3.66. The Morgan fingerprint density at radius 1 is 1.36 bits per heavy atom. The highest BCUT2D eigenvalue weighted by Gasteiger charge is 2.26. The van der Waals surface area contributed by atoms with E-state index < -0.39 is 4.92 Å². The van der Waals surface area contributed by atoms with Crippen molar-refractivity contribution in [2.45, 2.75) is 12.2 Å². The number of aliphatic imine (C=N–C) groups is 1. The lowest BCUT2D eigenvalue weighted by Gasteiger charge is -2.36. The lowest BCUT2D eigenvalue weighted by molar-refractivity contribution is -0.385. The summed E-state index contributed by atoms with van der Waals surface area (Å²) in [6.07, 6.45) is 1.26. The number of hydrogen-bond donors (Lipinski definition) is 0. The van der Waals surface area contributed by atoms with E-state index in [9.17, 15) is 10.1 Å². The molecule has 1 atom stereocenters. The van der Waals surface area contributed by atoms with Crippen LogP contribution in [0.25, 0.3) is 0 Å². The van der Waals surface area contributed by atoms with Crippen LogP contribution in [0.1, 0.15) is 6.92 Å². The molecule has 22 heavy (non-hydrogen) atoms. The third kappa shape index (κ3) is 3.12. The Hall–Kier alpha value is -1.54. The van der Waals surface area contributed by atoms with Crippen LogP contribution in [-0.2, 0) is 0 Å². The van der Waals surface area contributed by atoms with Gasteiger partial charge in [0.1, 0.15) is 12.0 Å². The molecule has 0 N–H and O–H groups in total. The summed E-state index contributed by atoms with van der Waals surface area (Å²) in [5.74, 6) is 0.612. The molecule has 3 rings (SSSR count). The lowest BCUT2D eigenvalue weighted by atomic mass is 10.3. The number of nitrogens with zero attached hydrogens (tertiary/aromatic N) is 5. The van der Waals surface area contributed by atoms with Gasteiger partial charge in [0, 0.05) is 37.5 Å². The average Bonchev–Trinajstić information content (AvgIpc) is 2.94. The number of piperazine rings is 1. The molecule has 0 bridgehead atoms. The second-order valence-electron chi connectivity index (χ2n) is 5.28. The molecular weight excluding hydrogens is 326 g/mol. The van der Waals surface area contributed by atoms with Crippen LogP contribution in [-0.4, -0.2) is 57.9 Å². The van der Waals surface area contributed by atoms with Crippen molar-refractivity contribution < 1.29 is 4.92 Å². The van der Waals surface area contributed by atoms with Crippen LogP contribution in [0.2, 0.25) is 5.02 Å². The number of thioether (sulfide) groups is 1. The van der Waals surface area contributed by atoms with Gasteiger partial charge in [-0.2, -0.15) is 0 Å². The maximum Gasteiger partial charge on any atom is 0.289 e. The highest BCUT2D eigenvalue weighted by atomic mass is 35.5. The first-order valence-corrected chi connectivity index (χ1v) is 8.31. The SMILES string of the molecule is C[C@H]1CN=C(N2CCN(c3ncc([N+](=O)[O-])cc3Cl)CC2)S1. The Kier molecular flexibility index (Phi) is 4.39. The van der Waals surface area contributed by atoms with Crippen molar-refractivity contribution in [3.63, 3.8) is 0 Å². The summed E-state index contributed by atoms with van der Waals surface area (Å²) in [5, 5.41) is 12.7. The molecule has 0 amide bonds. The van der Waals surface area contributed by atoms with Gasteiger partial charge in [0.2, 0.25) is 0 Å². The molecule has 0 aromatic carbocycles. The molecule has 1 fully saturated rings. The van der Waals surface area contributed by atoms with Crippen molar-refractivity contribution >= 4 is 40.0 Å². The van der Waals surface area contributed by atoms with Gasteiger partial charge in [-0.15, -0.1) is 0 Å². The smallest absolute Gasteiger partial charge is 0.289 e. The Labute approximate surface area is 137 Å². The van der Waals surface area contributed by atoms with Crippen LogP contribution in [0.5, 0.6) is 0 Å². The average molecular weight is 342 g/mol. The highest BCUT2D eigenvalue weighted by Crippen LogP contribution is 2.29. The summed E-state index contributed by atoms with van der Waals surface area (Å²) in [6.45, 7) is 6.33.